The van der Waals surface area contributed by atoms with Crippen LogP contribution in [0.3, 0.4) is 0 Å². The van der Waals surface area contributed by atoms with Gasteiger partial charge < -0.3 is 21.1 Å². The SMILES string of the molecule is Nc1cccc(C(CC(=O)O)CN2CCC(CCc3ccc4c(n3)NCCC4)C2)c1. The Morgan fingerprint density at radius 2 is 2.23 bits per heavy atom. The van der Waals surface area contributed by atoms with E-state index in [4.69, 9.17) is 10.7 Å². The first-order chi connectivity index (χ1) is 14.6. The normalized spacial score (nSPS) is 19.8. The molecule has 0 amide bonds. The van der Waals surface area contributed by atoms with Gasteiger partial charge in [0.2, 0.25) is 0 Å². The fraction of sp³-hybridized carbons (Fsp3) is 0.500. The number of rotatable bonds is 8. The van der Waals surface area contributed by atoms with Crippen molar-refractivity contribution in [1.82, 2.24) is 9.88 Å². The number of anilines is 2. The van der Waals surface area contributed by atoms with E-state index in [1.807, 2.05) is 24.3 Å². The number of nitrogens with one attached hydrogen (secondary N) is 1. The molecule has 3 heterocycles. The topological polar surface area (TPSA) is 91.5 Å². The Balaban J connectivity index is 1.31. The van der Waals surface area contributed by atoms with Crippen LogP contribution in [0.2, 0.25) is 0 Å². The van der Waals surface area contributed by atoms with Gasteiger partial charge in [-0.1, -0.05) is 18.2 Å². The smallest absolute Gasteiger partial charge is 0.304 e. The number of benzene rings is 1. The van der Waals surface area contributed by atoms with Crippen molar-refractivity contribution in [2.45, 2.75) is 44.4 Å². The molecule has 1 saturated heterocycles. The number of carboxylic acid groups (broad SMARTS) is 1. The highest BCUT2D eigenvalue weighted by Gasteiger charge is 2.26. The number of carbonyl (C=O) groups is 1. The fourth-order valence-corrected chi connectivity index (χ4v) is 4.80. The van der Waals surface area contributed by atoms with Gasteiger partial charge in [0.1, 0.15) is 5.82 Å². The molecule has 0 spiro atoms. The van der Waals surface area contributed by atoms with Crippen molar-refractivity contribution in [3.8, 4) is 0 Å². The number of nitrogen functional groups attached to an aromatic ring is 1. The lowest BCUT2D eigenvalue weighted by molar-refractivity contribution is -0.137. The first-order valence-corrected chi connectivity index (χ1v) is 11.1. The maximum absolute atomic E-state index is 11.4. The van der Waals surface area contributed by atoms with Crippen molar-refractivity contribution in [1.29, 1.82) is 0 Å². The maximum atomic E-state index is 11.4. The summed E-state index contributed by atoms with van der Waals surface area (Å²) in [6, 6.07) is 12.1. The van der Waals surface area contributed by atoms with Gasteiger partial charge in [-0.3, -0.25) is 4.79 Å². The molecular formula is C24H32N4O2. The highest BCUT2D eigenvalue weighted by atomic mass is 16.4. The number of hydrogen-bond donors (Lipinski definition) is 3. The molecule has 2 aromatic rings. The Labute approximate surface area is 178 Å². The second-order valence-electron chi connectivity index (χ2n) is 8.76. The molecule has 4 N–H and O–H groups in total. The predicted octanol–water partition coefficient (Wildman–Crippen LogP) is 3.53. The van der Waals surface area contributed by atoms with Crippen molar-refractivity contribution < 1.29 is 9.90 Å². The highest BCUT2D eigenvalue weighted by molar-refractivity contribution is 5.68. The first-order valence-electron chi connectivity index (χ1n) is 11.1. The van der Waals surface area contributed by atoms with Gasteiger partial charge >= 0.3 is 5.97 Å². The maximum Gasteiger partial charge on any atom is 0.304 e. The average Bonchev–Trinajstić information content (AvgIpc) is 3.19. The molecule has 0 bridgehead atoms. The molecule has 4 rings (SSSR count). The van der Waals surface area contributed by atoms with Gasteiger partial charge in [0, 0.05) is 36.9 Å². The summed E-state index contributed by atoms with van der Waals surface area (Å²) in [5.41, 5.74) is 10.1. The zero-order chi connectivity index (χ0) is 20.9. The third-order valence-electron chi connectivity index (χ3n) is 6.41. The van der Waals surface area contributed by atoms with Gasteiger partial charge in [0.15, 0.2) is 0 Å². The lowest BCUT2D eigenvalue weighted by atomic mass is 9.94. The van der Waals surface area contributed by atoms with Crippen LogP contribution in [-0.2, 0) is 17.6 Å². The molecule has 30 heavy (non-hydrogen) atoms. The van der Waals surface area contributed by atoms with E-state index < -0.39 is 5.97 Å². The van der Waals surface area contributed by atoms with Crippen molar-refractivity contribution in [3.63, 3.8) is 0 Å². The monoisotopic (exact) mass is 408 g/mol. The van der Waals surface area contributed by atoms with E-state index in [0.29, 0.717) is 11.6 Å². The number of pyridine rings is 1. The van der Waals surface area contributed by atoms with Crippen molar-refractivity contribution >= 4 is 17.5 Å². The van der Waals surface area contributed by atoms with Gasteiger partial charge in [-0.25, -0.2) is 4.98 Å². The summed E-state index contributed by atoms with van der Waals surface area (Å²) in [5, 5.41) is 12.8. The second-order valence-corrected chi connectivity index (χ2v) is 8.76. The summed E-state index contributed by atoms with van der Waals surface area (Å²) >= 11 is 0. The third kappa shape index (κ3) is 5.30. The number of aliphatic carboxylic acids is 1. The molecule has 6 nitrogen and oxygen atoms in total. The van der Waals surface area contributed by atoms with Crippen LogP contribution in [0.25, 0.3) is 0 Å². The molecular weight excluding hydrogens is 376 g/mol. The summed E-state index contributed by atoms with van der Waals surface area (Å²) in [4.78, 5) is 18.6. The number of carboxylic acids is 1. The van der Waals surface area contributed by atoms with Crippen LogP contribution in [0.4, 0.5) is 11.5 Å². The third-order valence-corrected chi connectivity index (χ3v) is 6.41. The van der Waals surface area contributed by atoms with Gasteiger partial charge in [0.05, 0.1) is 6.42 Å². The number of hydrogen-bond acceptors (Lipinski definition) is 5. The number of nitrogens with two attached hydrogens (primary N) is 1. The fourth-order valence-electron chi connectivity index (χ4n) is 4.80. The Hall–Kier alpha value is -2.60. The molecule has 6 heteroatoms. The Morgan fingerprint density at radius 1 is 1.33 bits per heavy atom. The molecule has 0 saturated carbocycles. The summed E-state index contributed by atoms with van der Waals surface area (Å²) < 4.78 is 0. The van der Waals surface area contributed by atoms with E-state index in [2.05, 4.69) is 22.3 Å². The van der Waals surface area contributed by atoms with Crippen LogP contribution in [-0.4, -0.2) is 47.1 Å². The largest absolute Gasteiger partial charge is 0.481 e. The molecule has 160 valence electrons. The minimum atomic E-state index is -0.759. The van der Waals surface area contributed by atoms with E-state index in [-0.39, 0.29) is 12.3 Å². The number of nitrogens with zero attached hydrogens (tertiary/aromatic N) is 2. The lowest BCUT2D eigenvalue weighted by Gasteiger charge is -2.23. The van der Waals surface area contributed by atoms with E-state index in [0.717, 1.165) is 56.8 Å². The molecule has 2 aliphatic heterocycles. The molecule has 1 fully saturated rings. The zero-order valence-corrected chi connectivity index (χ0v) is 17.5. The number of fused-ring (bicyclic) bond motifs is 1. The van der Waals surface area contributed by atoms with E-state index in [1.54, 1.807) is 0 Å². The zero-order valence-electron chi connectivity index (χ0n) is 17.5. The van der Waals surface area contributed by atoms with Crippen LogP contribution in [0.5, 0.6) is 0 Å². The minimum absolute atomic E-state index is 0.0295. The number of aryl methyl sites for hydroxylation is 2. The van der Waals surface area contributed by atoms with E-state index >= 15 is 0 Å². The Kier molecular flexibility index (Phi) is 6.53. The summed E-state index contributed by atoms with van der Waals surface area (Å²) in [6.07, 6.45) is 5.74. The number of aromatic nitrogens is 1. The molecule has 1 aromatic heterocycles. The van der Waals surface area contributed by atoms with Crippen LogP contribution in [0, 0.1) is 5.92 Å². The van der Waals surface area contributed by atoms with Crippen molar-refractivity contribution in [2.75, 3.05) is 37.2 Å². The quantitative estimate of drug-likeness (QED) is 0.579. The summed E-state index contributed by atoms with van der Waals surface area (Å²) in [5.74, 6) is 0.927. The lowest BCUT2D eigenvalue weighted by Crippen LogP contribution is -2.28. The second kappa shape index (κ2) is 9.47. The molecule has 1 aromatic carbocycles. The highest BCUT2D eigenvalue weighted by Crippen LogP contribution is 2.28. The molecule has 0 aliphatic carbocycles. The van der Waals surface area contributed by atoms with Crippen LogP contribution in [0.1, 0.15) is 48.4 Å². The molecule has 2 atom stereocenters. The van der Waals surface area contributed by atoms with Gasteiger partial charge in [0.25, 0.3) is 0 Å². The van der Waals surface area contributed by atoms with Crippen LogP contribution >= 0.6 is 0 Å². The van der Waals surface area contributed by atoms with Gasteiger partial charge in [-0.2, -0.15) is 0 Å². The molecule has 2 aliphatic rings. The van der Waals surface area contributed by atoms with Crippen molar-refractivity contribution in [2.24, 2.45) is 5.92 Å². The van der Waals surface area contributed by atoms with Gasteiger partial charge in [-0.05, 0) is 73.9 Å². The standard InChI is InChI=1S/C24H32N4O2/c25-21-5-1-3-19(13-21)20(14-23(29)30)16-28-12-10-17(15-28)6-8-22-9-7-18-4-2-11-26-24(18)27-22/h1,3,5,7,9,13,17,20H,2,4,6,8,10-12,14-16,25H2,(H,26,27)(H,29,30). The summed E-state index contributed by atoms with van der Waals surface area (Å²) in [7, 11) is 0. The minimum Gasteiger partial charge on any atom is -0.481 e. The van der Waals surface area contributed by atoms with Gasteiger partial charge in [-0.15, -0.1) is 0 Å². The van der Waals surface area contributed by atoms with Crippen LogP contribution < -0.4 is 11.1 Å². The van der Waals surface area contributed by atoms with Crippen molar-refractivity contribution in [3.05, 3.63) is 53.2 Å². The first kappa shape index (κ1) is 20.7. The van der Waals surface area contributed by atoms with Crippen LogP contribution in [0.15, 0.2) is 36.4 Å². The number of likely N-dealkylation sites (tertiary alicyclic amines) is 1. The predicted molar refractivity (Wildman–Crippen MR) is 120 cm³/mol. The average molecular weight is 409 g/mol. The molecule has 0 radical (unpaired) electrons. The van der Waals surface area contributed by atoms with E-state index in [9.17, 15) is 9.90 Å². The summed E-state index contributed by atoms with van der Waals surface area (Å²) in [6.45, 7) is 3.85. The van der Waals surface area contributed by atoms with E-state index in [1.165, 1.54) is 24.1 Å². The Morgan fingerprint density at radius 3 is 3.07 bits per heavy atom. The molecule has 2 unspecified atom stereocenters. The Bertz CT molecular complexity index is 885.